The molecule has 4 unspecified atom stereocenters. The number of fused-ring (bicyclic) bond motifs is 1. The molecule has 156 valence electrons. The zero-order chi connectivity index (χ0) is 20.3. The number of hydrogen-bond acceptors (Lipinski definition) is 1. The Morgan fingerprint density at radius 1 is 1.14 bits per heavy atom. The Bertz CT molecular complexity index is 649. The van der Waals surface area contributed by atoms with E-state index in [1.807, 2.05) is 0 Å². The van der Waals surface area contributed by atoms with E-state index in [4.69, 9.17) is 0 Å². The second kappa shape index (κ2) is 9.16. The molecule has 0 aromatic heterocycles. The SMILES string of the molecule is C=C1CCC(O)C/C1=C/C=C1\CCC[C@@]2(C)C1CCC2C(C)/C=C/CC(C)C. The summed E-state index contributed by atoms with van der Waals surface area (Å²) in [5, 5.41) is 10.0. The van der Waals surface area contributed by atoms with Gasteiger partial charge in [0.05, 0.1) is 6.10 Å². The van der Waals surface area contributed by atoms with Crippen LogP contribution in [0.3, 0.4) is 0 Å². The fraction of sp³-hybridized carbons (Fsp3) is 0.704. The van der Waals surface area contributed by atoms with Crippen LogP contribution in [0.25, 0.3) is 0 Å². The van der Waals surface area contributed by atoms with E-state index in [1.54, 1.807) is 5.57 Å². The van der Waals surface area contributed by atoms with Crippen LogP contribution in [0.5, 0.6) is 0 Å². The van der Waals surface area contributed by atoms with Crippen molar-refractivity contribution < 1.29 is 5.11 Å². The van der Waals surface area contributed by atoms with Crippen LogP contribution in [0.4, 0.5) is 0 Å². The summed E-state index contributed by atoms with van der Waals surface area (Å²) in [5.41, 5.74) is 4.62. The Morgan fingerprint density at radius 2 is 1.93 bits per heavy atom. The fourth-order valence-corrected chi connectivity index (χ4v) is 6.24. The van der Waals surface area contributed by atoms with Gasteiger partial charge in [0.1, 0.15) is 0 Å². The number of aliphatic hydroxyl groups is 1. The Kier molecular flexibility index (Phi) is 7.07. The van der Waals surface area contributed by atoms with Gasteiger partial charge < -0.3 is 5.11 Å². The number of hydrogen-bond donors (Lipinski definition) is 1. The summed E-state index contributed by atoms with van der Waals surface area (Å²) in [5.74, 6) is 2.98. The third-order valence-corrected chi connectivity index (χ3v) is 7.91. The van der Waals surface area contributed by atoms with Gasteiger partial charge in [-0.05, 0) is 92.4 Å². The van der Waals surface area contributed by atoms with Crippen LogP contribution in [-0.4, -0.2) is 11.2 Å². The lowest BCUT2D eigenvalue weighted by molar-refractivity contribution is 0.112. The first-order chi connectivity index (χ1) is 13.3. The van der Waals surface area contributed by atoms with E-state index in [1.165, 1.54) is 49.7 Å². The lowest BCUT2D eigenvalue weighted by Crippen LogP contribution is -2.35. The predicted molar refractivity (Wildman–Crippen MR) is 121 cm³/mol. The third kappa shape index (κ3) is 4.73. The zero-order valence-electron chi connectivity index (χ0n) is 18.7. The van der Waals surface area contributed by atoms with Crippen molar-refractivity contribution in [3.8, 4) is 0 Å². The van der Waals surface area contributed by atoms with Gasteiger partial charge in [0.25, 0.3) is 0 Å². The van der Waals surface area contributed by atoms with Crippen LogP contribution in [0.2, 0.25) is 0 Å². The quantitative estimate of drug-likeness (QED) is 0.491. The van der Waals surface area contributed by atoms with Gasteiger partial charge in [0, 0.05) is 0 Å². The normalized spacial score (nSPS) is 37.9. The molecule has 1 nitrogen and oxygen atoms in total. The monoisotopic (exact) mass is 382 g/mol. The summed E-state index contributed by atoms with van der Waals surface area (Å²) in [7, 11) is 0. The maximum absolute atomic E-state index is 10.0. The van der Waals surface area contributed by atoms with E-state index >= 15 is 0 Å². The smallest absolute Gasteiger partial charge is 0.0583 e. The highest BCUT2D eigenvalue weighted by molar-refractivity contribution is 5.36. The second-order valence-corrected chi connectivity index (χ2v) is 10.4. The van der Waals surface area contributed by atoms with Crippen molar-refractivity contribution in [2.24, 2.45) is 29.1 Å². The summed E-state index contributed by atoms with van der Waals surface area (Å²) in [6.45, 7) is 13.9. The van der Waals surface area contributed by atoms with Crippen LogP contribution in [0.15, 0.2) is 47.6 Å². The molecule has 1 N–H and O–H groups in total. The van der Waals surface area contributed by atoms with Gasteiger partial charge in [0.15, 0.2) is 0 Å². The Labute approximate surface area is 173 Å². The standard InChI is InChI=1S/C27H42O/c1-19(2)8-6-9-21(4)25-15-16-26-22(10-7-17-27(25,26)5)12-13-23-18-24(28)14-11-20(23)3/h6,9,12-13,19,21,24-26,28H,3,7-8,10-11,14-18H2,1-2,4-5H3/b9-6+,22-12+,23-13-/t21?,24?,25?,26?,27-/m1/s1. The molecule has 28 heavy (non-hydrogen) atoms. The lowest BCUT2D eigenvalue weighted by Gasteiger charge is -2.44. The molecular formula is C27H42O. The van der Waals surface area contributed by atoms with E-state index in [0.29, 0.717) is 11.3 Å². The van der Waals surface area contributed by atoms with E-state index < -0.39 is 0 Å². The van der Waals surface area contributed by atoms with Crippen molar-refractivity contribution in [2.75, 3.05) is 0 Å². The molecule has 0 amide bonds. The Hall–Kier alpha value is -1.08. The average molecular weight is 383 g/mol. The van der Waals surface area contributed by atoms with Crippen LogP contribution in [-0.2, 0) is 0 Å². The van der Waals surface area contributed by atoms with Gasteiger partial charge in [-0.25, -0.2) is 0 Å². The predicted octanol–water partition coefficient (Wildman–Crippen LogP) is 7.40. The molecule has 0 aromatic carbocycles. The van der Waals surface area contributed by atoms with E-state index in [-0.39, 0.29) is 6.10 Å². The molecule has 3 aliphatic rings. The number of aliphatic hydroxyl groups excluding tert-OH is 1. The molecule has 0 aromatic rings. The molecule has 3 fully saturated rings. The van der Waals surface area contributed by atoms with Crippen molar-refractivity contribution >= 4 is 0 Å². The fourth-order valence-electron chi connectivity index (χ4n) is 6.24. The van der Waals surface area contributed by atoms with Crippen LogP contribution >= 0.6 is 0 Å². The number of rotatable bonds is 5. The summed E-state index contributed by atoms with van der Waals surface area (Å²) in [6, 6.07) is 0. The minimum Gasteiger partial charge on any atom is -0.393 e. The van der Waals surface area contributed by atoms with Crippen LogP contribution in [0.1, 0.15) is 85.5 Å². The van der Waals surface area contributed by atoms with Gasteiger partial charge in [-0.1, -0.05) is 69.7 Å². The number of allylic oxidation sites excluding steroid dienone is 6. The summed E-state index contributed by atoms with van der Waals surface area (Å²) >= 11 is 0. The zero-order valence-corrected chi connectivity index (χ0v) is 18.7. The Balaban J connectivity index is 1.74. The molecular weight excluding hydrogens is 340 g/mol. The molecule has 0 heterocycles. The molecule has 5 atom stereocenters. The first-order valence-corrected chi connectivity index (χ1v) is 11.7. The minimum absolute atomic E-state index is 0.180. The highest BCUT2D eigenvalue weighted by Crippen LogP contribution is 2.59. The highest BCUT2D eigenvalue weighted by Gasteiger charge is 2.50. The topological polar surface area (TPSA) is 20.2 Å². The molecule has 3 saturated carbocycles. The minimum atomic E-state index is -0.180. The third-order valence-electron chi connectivity index (χ3n) is 7.91. The second-order valence-electron chi connectivity index (χ2n) is 10.4. The summed E-state index contributed by atoms with van der Waals surface area (Å²) in [6.07, 6.45) is 19.9. The summed E-state index contributed by atoms with van der Waals surface area (Å²) in [4.78, 5) is 0. The van der Waals surface area contributed by atoms with E-state index in [0.717, 1.165) is 37.0 Å². The van der Waals surface area contributed by atoms with Crippen molar-refractivity contribution in [1.29, 1.82) is 0 Å². The molecule has 0 spiro atoms. The van der Waals surface area contributed by atoms with Crippen molar-refractivity contribution in [2.45, 2.75) is 91.6 Å². The van der Waals surface area contributed by atoms with Crippen LogP contribution in [0, 0.1) is 29.1 Å². The first kappa shape index (κ1) is 21.6. The molecule has 0 radical (unpaired) electrons. The average Bonchev–Trinajstić information content (AvgIpc) is 2.99. The summed E-state index contributed by atoms with van der Waals surface area (Å²) < 4.78 is 0. The van der Waals surface area contributed by atoms with Gasteiger partial charge in [-0.3, -0.25) is 0 Å². The molecule has 0 aliphatic heterocycles. The van der Waals surface area contributed by atoms with Crippen molar-refractivity contribution in [1.82, 2.24) is 0 Å². The maximum atomic E-state index is 10.0. The molecule has 0 saturated heterocycles. The van der Waals surface area contributed by atoms with E-state index in [9.17, 15) is 5.11 Å². The van der Waals surface area contributed by atoms with Crippen molar-refractivity contribution in [3.05, 3.63) is 47.6 Å². The van der Waals surface area contributed by atoms with Gasteiger partial charge >= 0.3 is 0 Å². The Morgan fingerprint density at radius 3 is 2.68 bits per heavy atom. The molecule has 1 heteroatoms. The lowest BCUT2D eigenvalue weighted by atomic mass is 9.61. The van der Waals surface area contributed by atoms with Crippen LogP contribution < -0.4 is 0 Å². The maximum Gasteiger partial charge on any atom is 0.0583 e. The van der Waals surface area contributed by atoms with Gasteiger partial charge in [0.2, 0.25) is 0 Å². The van der Waals surface area contributed by atoms with Crippen molar-refractivity contribution in [3.63, 3.8) is 0 Å². The molecule has 3 rings (SSSR count). The largest absolute Gasteiger partial charge is 0.393 e. The molecule has 0 bridgehead atoms. The first-order valence-electron chi connectivity index (χ1n) is 11.7. The van der Waals surface area contributed by atoms with Gasteiger partial charge in [-0.15, -0.1) is 0 Å². The van der Waals surface area contributed by atoms with Gasteiger partial charge in [-0.2, -0.15) is 0 Å². The van der Waals surface area contributed by atoms with E-state index in [2.05, 4.69) is 58.6 Å². The molecule has 3 aliphatic carbocycles. The highest BCUT2D eigenvalue weighted by atomic mass is 16.3.